The summed E-state index contributed by atoms with van der Waals surface area (Å²) >= 11 is 0. The molecule has 0 aliphatic heterocycles. The van der Waals surface area contributed by atoms with Crippen molar-refractivity contribution in [2.24, 2.45) is 17.8 Å². The van der Waals surface area contributed by atoms with Crippen LogP contribution in [0.4, 0.5) is 0 Å². The lowest BCUT2D eigenvalue weighted by molar-refractivity contribution is -0.118. The van der Waals surface area contributed by atoms with Crippen molar-refractivity contribution in [2.45, 2.75) is 32.1 Å². The van der Waals surface area contributed by atoms with Crippen molar-refractivity contribution in [1.29, 1.82) is 0 Å². The number of pyridine rings is 1. The van der Waals surface area contributed by atoms with Gasteiger partial charge in [0.25, 0.3) is 5.56 Å². The number of carbonyl (C=O) groups is 1. The van der Waals surface area contributed by atoms with Crippen LogP contribution in [-0.4, -0.2) is 25.9 Å². The Hall–Kier alpha value is -3.22. The van der Waals surface area contributed by atoms with Crippen molar-refractivity contribution < 1.29 is 9.90 Å². The van der Waals surface area contributed by atoms with E-state index in [2.05, 4.69) is 15.5 Å². The van der Waals surface area contributed by atoms with E-state index in [9.17, 15) is 14.7 Å². The van der Waals surface area contributed by atoms with Gasteiger partial charge in [-0.25, -0.2) is 10.4 Å². The van der Waals surface area contributed by atoms with Crippen LogP contribution in [0.1, 0.15) is 32.1 Å². The molecule has 7 nitrogen and oxygen atoms in total. The highest BCUT2D eigenvalue weighted by atomic mass is 16.3. The highest BCUT2D eigenvalue weighted by molar-refractivity contribution is 5.94. The number of benzene rings is 1. The van der Waals surface area contributed by atoms with Gasteiger partial charge in [0, 0.05) is 29.6 Å². The minimum atomic E-state index is -0.371. The molecule has 0 radical (unpaired) electrons. The Morgan fingerprint density at radius 1 is 1.17 bits per heavy atom. The zero-order chi connectivity index (χ0) is 20.0. The van der Waals surface area contributed by atoms with E-state index < -0.39 is 0 Å². The number of amides is 1. The Labute approximate surface area is 167 Å². The van der Waals surface area contributed by atoms with E-state index in [4.69, 9.17) is 0 Å². The Kier molecular flexibility index (Phi) is 4.30. The van der Waals surface area contributed by atoms with Crippen molar-refractivity contribution in [3.63, 3.8) is 0 Å². The Bertz CT molecular complexity index is 1160. The first-order valence-electron chi connectivity index (χ1n) is 10.1. The molecule has 2 saturated carbocycles. The third-order valence-corrected chi connectivity index (χ3v) is 6.39. The van der Waals surface area contributed by atoms with Crippen LogP contribution in [0.25, 0.3) is 22.0 Å². The summed E-state index contributed by atoms with van der Waals surface area (Å²) in [6.07, 6.45) is 6.75. The number of aromatic hydroxyl groups is 1. The molecule has 29 heavy (non-hydrogen) atoms. The fourth-order valence-electron chi connectivity index (χ4n) is 5.07. The maximum absolute atomic E-state index is 12.9. The smallest absolute Gasteiger partial charge is 0.294 e. The topological polar surface area (TPSA) is 97.1 Å². The quantitative estimate of drug-likeness (QED) is 0.714. The van der Waals surface area contributed by atoms with Crippen molar-refractivity contribution in [3.8, 4) is 17.1 Å². The van der Waals surface area contributed by atoms with Crippen molar-refractivity contribution in [2.75, 3.05) is 5.43 Å². The van der Waals surface area contributed by atoms with Gasteiger partial charge < -0.3 is 5.11 Å². The van der Waals surface area contributed by atoms with E-state index in [-0.39, 0.29) is 17.3 Å². The Morgan fingerprint density at radius 3 is 2.72 bits per heavy atom. The van der Waals surface area contributed by atoms with Crippen LogP contribution in [-0.2, 0) is 4.79 Å². The molecule has 148 valence electrons. The molecule has 3 atom stereocenters. The number of nitrogens with one attached hydrogen (secondary N) is 1. The van der Waals surface area contributed by atoms with Crippen molar-refractivity contribution in [1.82, 2.24) is 14.9 Å². The van der Waals surface area contributed by atoms with E-state index in [1.807, 2.05) is 6.07 Å². The molecule has 5 rings (SSSR count). The molecule has 0 saturated heterocycles. The molecular formula is C22H22N4O3. The van der Waals surface area contributed by atoms with Gasteiger partial charge in [0.2, 0.25) is 11.8 Å². The summed E-state index contributed by atoms with van der Waals surface area (Å²) < 4.78 is 0. The summed E-state index contributed by atoms with van der Waals surface area (Å²) in [5.41, 5.74) is 3.43. The van der Waals surface area contributed by atoms with Crippen LogP contribution in [0, 0.1) is 17.8 Å². The normalized spacial score (nSPS) is 22.8. The molecule has 2 aliphatic carbocycles. The fourth-order valence-corrected chi connectivity index (χ4v) is 5.07. The van der Waals surface area contributed by atoms with E-state index in [1.54, 1.807) is 24.3 Å². The predicted molar refractivity (Wildman–Crippen MR) is 109 cm³/mol. The summed E-state index contributed by atoms with van der Waals surface area (Å²) in [5.74, 6) is 1.50. The fraction of sp³-hybridized carbons (Fsp3) is 0.364. The summed E-state index contributed by atoms with van der Waals surface area (Å²) in [6, 6.07) is 10.3. The highest BCUT2D eigenvalue weighted by Crippen LogP contribution is 2.49. The molecule has 3 unspecified atom stereocenters. The van der Waals surface area contributed by atoms with Crippen LogP contribution >= 0.6 is 0 Å². The first-order chi connectivity index (χ1) is 14.1. The summed E-state index contributed by atoms with van der Waals surface area (Å²) in [7, 11) is 0. The molecule has 3 aromatic rings. The maximum atomic E-state index is 12.9. The van der Waals surface area contributed by atoms with Gasteiger partial charge in [-0.15, -0.1) is 9.89 Å². The molecule has 2 aromatic heterocycles. The van der Waals surface area contributed by atoms with Gasteiger partial charge in [-0.1, -0.05) is 24.6 Å². The standard InChI is InChI=1S/C22H22N4O3/c27-19-11-15(7-8-23-19)21-17-3-1-2-4-18(17)22(29)26(25-21)24-20(28)12-16-10-13-5-6-14(16)9-13/h1-4,7-8,11,13-14,16H,5-6,9-10,12H2,(H,23,27)(H,24,28). The lowest BCUT2D eigenvalue weighted by Gasteiger charge is -2.21. The molecule has 2 fully saturated rings. The van der Waals surface area contributed by atoms with Crippen LogP contribution in [0.3, 0.4) is 0 Å². The van der Waals surface area contributed by atoms with Crippen LogP contribution in [0.15, 0.2) is 47.4 Å². The van der Waals surface area contributed by atoms with Gasteiger partial charge in [0.1, 0.15) is 5.69 Å². The average Bonchev–Trinajstić information content (AvgIpc) is 3.33. The third kappa shape index (κ3) is 3.26. The molecule has 2 N–H and O–H groups in total. The zero-order valence-corrected chi connectivity index (χ0v) is 15.9. The molecule has 0 spiro atoms. The Balaban J connectivity index is 1.49. The zero-order valence-electron chi connectivity index (χ0n) is 15.9. The molecule has 2 aliphatic rings. The number of hydrogen-bond acceptors (Lipinski definition) is 5. The number of hydrogen-bond donors (Lipinski definition) is 2. The molecule has 1 amide bonds. The van der Waals surface area contributed by atoms with Crippen LogP contribution < -0.4 is 11.0 Å². The second-order valence-corrected chi connectivity index (χ2v) is 8.19. The maximum Gasteiger partial charge on any atom is 0.294 e. The first kappa shape index (κ1) is 17.8. The van der Waals surface area contributed by atoms with Crippen LogP contribution in [0.2, 0.25) is 0 Å². The minimum Gasteiger partial charge on any atom is -0.493 e. The molecule has 1 aromatic carbocycles. The first-order valence-corrected chi connectivity index (χ1v) is 10.1. The molecule has 2 bridgehead atoms. The third-order valence-electron chi connectivity index (χ3n) is 6.39. The van der Waals surface area contributed by atoms with Crippen LogP contribution in [0.5, 0.6) is 5.88 Å². The number of aromatic nitrogens is 3. The lowest BCUT2D eigenvalue weighted by Crippen LogP contribution is -2.36. The Morgan fingerprint density at radius 2 is 2.00 bits per heavy atom. The number of nitrogens with zero attached hydrogens (tertiary/aromatic N) is 3. The molecular weight excluding hydrogens is 368 g/mol. The predicted octanol–water partition coefficient (Wildman–Crippen LogP) is 3.06. The van der Waals surface area contributed by atoms with E-state index in [0.717, 1.165) is 17.1 Å². The number of fused-ring (bicyclic) bond motifs is 3. The molecule has 7 heteroatoms. The number of carbonyl (C=O) groups excluding carboxylic acids is 1. The second-order valence-electron chi connectivity index (χ2n) is 8.19. The second kappa shape index (κ2) is 6.99. The average molecular weight is 390 g/mol. The van der Waals surface area contributed by atoms with Crippen molar-refractivity contribution in [3.05, 3.63) is 52.9 Å². The van der Waals surface area contributed by atoms with Gasteiger partial charge in [-0.2, -0.15) is 0 Å². The van der Waals surface area contributed by atoms with Gasteiger partial charge in [-0.05, 0) is 49.1 Å². The highest BCUT2D eigenvalue weighted by Gasteiger charge is 2.40. The van der Waals surface area contributed by atoms with Gasteiger partial charge in [0.05, 0.1) is 5.39 Å². The largest absolute Gasteiger partial charge is 0.493 e. The monoisotopic (exact) mass is 390 g/mol. The van der Waals surface area contributed by atoms with Gasteiger partial charge in [-0.3, -0.25) is 9.59 Å². The van der Waals surface area contributed by atoms with Crippen molar-refractivity contribution >= 4 is 16.7 Å². The van der Waals surface area contributed by atoms with Gasteiger partial charge in [0.15, 0.2) is 0 Å². The SMILES string of the molecule is O=C(CC1CC2CCC1C2)Nn1nc(-c2ccnc(O)c2)c2ccccc2c1=O. The summed E-state index contributed by atoms with van der Waals surface area (Å²) in [6.45, 7) is 0. The number of rotatable bonds is 4. The minimum absolute atomic E-state index is 0.133. The lowest BCUT2D eigenvalue weighted by atomic mass is 9.86. The van der Waals surface area contributed by atoms with Gasteiger partial charge >= 0.3 is 0 Å². The summed E-state index contributed by atoms with van der Waals surface area (Å²) in [5, 5.41) is 15.3. The molecule has 2 heterocycles. The summed E-state index contributed by atoms with van der Waals surface area (Å²) in [4.78, 5) is 30.4. The van der Waals surface area contributed by atoms with E-state index >= 15 is 0 Å². The van der Waals surface area contributed by atoms with E-state index in [1.165, 1.54) is 31.5 Å². The van der Waals surface area contributed by atoms with E-state index in [0.29, 0.717) is 40.3 Å².